The van der Waals surface area contributed by atoms with Crippen molar-refractivity contribution in [3.63, 3.8) is 0 Å². The van der Waals surface area contributed by atoms with Gasteiger partial charge in [0.05, 0.1) is 11.6 Å². The molecule has 1 aromatic carbocycles. The highest BCUT2D eigenvalue weighted by molar-refractivity contribution is 6.33. The Hall–Kier alpha value is -2.51. The molecule has 0 bridgehead atoms. The Kier molecular flexibility index (Phi) is 8.67. The first kappa shape index (κ1) is 20.8. The van der Waals surface area contributed by atoms with Gasteiger partial charge in [0.2, 0.25) is 0 Å². The predicted octanol–water partition coefficient (Wildman–Crippen LogP) is 6.41. The van der Waals surface area contributed by atoms with Crippen molar-refractivity contribution in [1.82, 2.24) is 0 Å². The summed E-state index contributed by atoms with van der Waals surface area (Å²) >= 11 is 6.16. The van der Waals surface area contributed by atoms with Crippen LogP contribution in [0.3, 0.4) is 0 Å². The predicted molar refractivity (Wildman–Crippen MR) is 107 cm³/mol. The summed E-state index contributed by atoms with van der Waals surface area (Å²) in [7, 11) is 0. The summed E-state index contributed by atoms with van der Waals surface area (Å²) in [6.45, 7) is 2.50. The molecule has 0 saturated heterocycles. The number of furan rings is 1. The zero-order valence-electron chi connectivity index (χ0n) is 15.5. The zero-order valence-corrected chi connectivity index (χ0v) is 16.3. The van der Waals surface area contributed by atoms with E-state index in [1.807, 2.05) is 24.3 Å². The Morgan fingerprint density at radius 1 is 1.15 bits per heavy atom. The normalized spacial score (nSPS) is 11.2. The van der Waals surface area contributed by atoms with E-state index in [1.54, 1.807) is 18.2 Å². The van der Waals surface area contributed by atoms with E-state index in [2.05, 4.69) is 6.92 Å². The van der Waals surface area contributed by atoms with Gasteiger partial charge in [-0.05, 0) is 30.7 Å². The van der Waals surface area contributed by atoms with Crippen molar-refractivity contribution in [3.05, 3.63) is 52.8 Å². The summed E-state index contributed by atoms with van der Waals surface area (Å²) in [5.74, 6) is 0.351. The first-order chi connectivity index (χ1) is 13.2. The second-order valence-electron chi connectivity index (χ2n) is 6.26. The van der Waals surface area contributed by atoms with Crippen molar-refractivity contribution in [2.75, 3.05) is 6.61 Å². The molecule has 0 N–H and O–H groups in total. The maximum atomic E-state index is 12.1. The molecule has 1 aromatic heterocycles. The van der Waals surface area contributed by atoms with Crippen LogP contribution < -0.4 is 0 Å². The maximum Gasteiger partial charge on any atom is 0.349 e. The second-order valence-corrected chi connectivity index (χ2v) is 6.66. The van der Waals surface area contributed by atoms with Crippen LogP contribution in [-0.4, -0.2) is 12.6 Å². The van der Waals surface area contributed by atoms with Crippen LogP contribution in [0.2, 0.25) is 5.02 Å². The van der Waals surface area contributed by atoms with E-state index in [0.717, 1.165) is 24.8 Å². The smallest absolute Gasteiger partial charge is 0.349 e. The van der Waals surface area contributed by atoms with Crippen molar-refractivity contribution in [2.45, 2.75) is 45.4 Å². The molecule has 1 heterocycles. The monoisotopic (exact) mass is 385 g/mol. The van der Waals surface area contributed by atoms with E-state index >= 15 is 0 Å². The van der Waals surface area contributed by atoms with Gasteiger partial charge < -0.3 is 9.15 Å². The number of benzene rings is 1. The minimum atomic E-state index is -0.623. The van der Waals surface area contributed by atoms with Crippen LogP contribution in [0.5, 0.6) is 0 Å². The van der Waals surface area contributed by atoms with Gasteiger partial charge in [-0.3, -0.25) is 0 Å². The number of hydrogen-bond donors (Lipinski definition) is 0. The molecule has 0 atom stereocenters. The Bertz CT molecular complexity index is 817. The third kappa shape index (κ3) is 6.62. The van der Waals surface area contributed by atoms with Gasteiger partial charge in [-0.25, -0.2) is 4.79 Å². The Balaban J connectivity index is 1.91. The van der Waals surface area contributed by atoms with Gasteiger partial charge in [0.25, 0.3) is 0 Å². The van der Waals surface area contributed by atoms with E-state index in [-0.39, 0.29) is 5.57 Å². The lowest BCUT2D eigenvalue weighted by Crippen LogP contribution is -2.07. The highest BCUT2D eigenvalue weighted by Gasteiger charge is 2.13. The molecule has 0 unspecified atom stereocenters. The van der Waals surface area contributed by atoms with E-state index < -0.39 is 5.97 Å². The topological polar surface area (TPSA) is 63.2 Å². The molecule has 2 aromatic rings. The average Bonchev–Trinajstić information content (AvgIpc) is 3.14. The number of unbranched alkanes of at least 4 members (excludes halogenated alkanes) is 5. The summed E-state index contributed by atoms with van der Waals surface area (Å²) < 4.78 is 10.9. The van der Waals surface area contributed by atoms with E-state index in [9.17, 15) is 10.1 Å². The molecule has 0 amide bonds. The van der Waals surface area contributed by atoms with Gasteiger partial charge in [-0.1, -0.05) is 62.8 Å². The van der Waals surface area contributed by atoms with Gasteiger partial charge in [-0.2, -0.15) is 5.26 Å². The van der Waals surface area contributed by atoms with Crippen molar-refractivity contribution < 1.29 is 13.9 Å². The van der Waals surface area contributed by atoms with Crippen LogP contribution in [0.25, 0.3) is 17.4 Å². The molecule has 0 fully saturated rings. The van der Waals surface area contributed by atoms with Crippen LogP contribution in [-0.2, 0) is 9.53 Å². The molecule has 27 heavy (non-hydrogen) atoms. The fourth-order valence-corrected chi connectivity index (χ4v) is 2.87. The lowest BCUT2D eigenvalue weighted by Gasteiger charge is -2.04. The molecule has 0 aliphatic rings. The molecular weight excluding hydrogens is 362 g/mol. The lowest BCUT2D eigenvalue weighted by molar-refractivity contribution is -0.138. The van der Waals surface area contributed by atoms with Crippen molar-refractivity contribution in [1.29, 1.82) is 5.26 Å². The fraction of sp³-hybridized carbons (Fsp3) is 0.364. The third-order valence-corrected chi connectivity index (χ3v) is 4.45. The van der Waals surface area contributed by atoms with Gasteiger partial charge in [0, 0.05) is 11.6 Å². The number of carbonyl (C=O) groups excluding carboxylic acids is 1. The molecule has 5 heteroatoms. The fourth-order valence-electron chi connectivity index (χ4n) is 2.64. The zero-order chi connectivity index (χ0) is 19.5. The summed E-state index contributed by atoms with van der Waals surface area (Å²) in [5.41, 5.74) is 0.670. The van der Waals surface area contributed by atoms with Crippen molar-refractivity contribution >= 4 is 23.6 Å². The quantitative estimate of drug-likeness (QED) is 0.205. The molecule has 0 aliphatic carbocycles. The minimum absolute atomic E-state index is 0.0824. The number of rotatable bonds is 10. The van der Waals surface area contributed by atoms with Crippen LogP contribution >= 0.6 is 11.6 Å². The van der Waals surface area contributed by atoms with Gasteiger partial charge in [0.15, 0.2) is 0 Å². The standard InChI is InChI=1S/C22H24ClNO3/c1-2-3-4-5-6-9-14-26-22(25)17(16-24)15-18-12-13-21(27-18)19-10-7-8-11-20(19)23/h7-8,10-13,15H,2-6,9,14H2,1H3/b17-15+. The van der Waals surface area contributed by atoms with E-state index in [1.165, 1.54) is 25.3 Å². The molecule has 4 nitrogen and oxygen atoms in total. The summed E-state index contributed by atoms with van der Waals surface area (Å²) in [5, 5.41) is 9.81. The average molecular weight is 386 g/mol. The number of hydrogen-bond acceptors (Lipinski definition) is 4. The van der Waals surface area contributed by atoms with E-state index in [4.69, 9.17) is 20.8 Å². The first-order valence-corrected chi connectivity index (χ1v) is 9.67. The lowest BCUT2D eigenvalue weighted by atomic mass is 10.1. The van der Waals surface area contributed by atoms with Crippen LogP contribution in [0, 0.1) is 11.3 Å². The highest BCUT2D eigenvalue weighted by Crippen LogP contribution is 2.29. The van der Waals surface area contributed by atoms with Crippen LogP contribution in [0.1, 0.15) is 51.2 Å². The number of halogens is 1. The van der Waals surface area contributed by atoms with Gasteiger partial charge in [-0.15, -0.1) is 0 Å². The Morgan fingerprint density at radius 3 is 2.63 bits per heavy atom. The molecule has 0 spiro atoms. The SMILES string of the molecule is CCCCCCCCOC(=O)/C(C#N)=C/c1ccc(-c2ccccc2Cl)o1. The molecule has 0 radical (unpaired) electrons. The molecule has 142 valence electrons. The second kappa shape index (κ2) is 11.3. The number of ether oxygens (including phenoxy) is 1. The molecule has 0 saturated carbocycles. The minimum Gasteiger partial charge on any atom is -0.462 e. The number of esters is 1. The number of carbonyl (C=O) groups is 1. The van der Waals surface area contributed by atoms with Crippen LogP contribution in [0.15, 0.2) is 46.4 Å². The summed E-state index contributed by atoms with van der Waals surface area (Å²) in [6.07, 6.45) is 8.02. The third-order valence-electron chi connectivity index (χ3n) is 4.12. The maximum absolute atomic E-state index is 12.1. The molecular formula is C22H24ClNO3. The Morgan fingerprint density at radius 2 is 1.89 bits per heavy atom. The van der Waals surface area contributed by atoms with Gasteiger partial charge >= 0.3 is 5.97 Å². The van der Waals surface area contributed by atoms with Crippen molar-refractivity contribution in [2.24, 2.45) is 0 Å². The van der Waals surface area contributed by atoms with E-state index in [0.29, 0.717) is 23.2 Å². The van der Waals surface area contributed by atoms with Gasteiger partial charge in [0.1, 0.15) is 23.2 Å². The number of nitrogens with zero attached hydrogens (tertiary/aromatic N) is 1. The first-order valence-electron chi connectivity index (χ1n) is 9.29. The number of nitriles is 1. The molecule has 0 aliphatic heterocycles. The summed E-state index contributed by atoms with van der Waals surface area (Å²) in [4.78, 5) is 12.1. The summed E-state index contributed by atoms with van der Waals surface area (Å²) in [6, 6.07) is 12.6. The molecule has 2 rings (SSSR count). The highest BCUT2D eigenvalue weighted by atomic mass is 35.5. The van der Waals surface area contributed by atoms with Crippen molar-refractivity contribution in [3.8, 4) is 17.4 Å². The largest absolute Gasteiger partial charge is 0.462 e. The van der Waals surface area contributed by atoms with Crippen LogP contribution in [0.4, 0.5) is 0 Å². The Labute approximate surface area is 165 Å².